The molecule has 0 amide bonds. The number of rotatable bonds is 5. The van der Waals surface area contributed by atoms with Crippen molar-refractivity contribution in [1.29, 1.82) is 0 Å². The first-order chi connectivity index (χ1) is 5.72. The highest BCUT2D eigenvalue weighted by Crippen LogP contribution is 2.09. The number of ether oxygens (including phenoxy) is 1. The van der Waals surface area contributed by atoms with Gasteiger partial charge in [-0.3, -0.25) is 0 Å². The predicted octanol–water partition coefficient (Wildman–Crippen LogP) is 3.88. The summed E-state index contributed by atoms with van der Waals surface area (Å²) < 4.78 is 4.54. The van der Waals surface area contributed by atoms with Crippen molar-refractivity contribution >= 4 is 0 Å². The van der Waals surface area contributed by atoms with Crippen molar-refractivity contribution in [2.45, 2.75) is 53.4 Å². The topological polar surface area (TPSA) is 9.23 Å². The molecule has 76 valence electrons. The van der Waals surface area contributed by atoms with Gasteiger partial charge < -0.3 is 4.74 Å². The molecule has 1 nitrogen and oxygen atoms in total. The Morgan fingerprint density at radius 1 is 1.17 bits per heavy atom. The third-order valence-corrected chi connectivity index (χ3v) is 2.04. The van der Waals surface area contributed by atoms with E-state index in [1.165, 1.54) is 25.7 Å². The van der Waals surface area contributed by atoms with Gasteiger partial charge >= 0.3 is 0 Å². The molecule has 0 bridgehead atoms. The Labute approximate surface area is 78.5 Å². The number of methoxy groups -OCH3 is 1. The summed E-state index contributed by atoms with van der Waals surface area (Å²) in [5.41, 5.74) is 0. The van der Waals surface area contributed by atoms with Gasteiger partial charge in [-0.1, -0.05) is 46.5 Å². The molecule has 0 aromatic carbocycles. The summed E-state index contributed by atoms with van der Waals surface area (Å²) in [4.78, 5) is 0. The smallest absolute Gasteiger partial charge is 0.0433 e. The zero-order valence-electron chi connectivity index (χ0n) is 9.52. The minimum atomic E-state index is 0.819. The molecule has 12 heavy (non-hydrogen) atoms. The van der Waals surface area contributed by atoms with Crippen molar-refractivity contribution in [2.24, 2.45) is 5.92 Å². The lowest BCUT2D eigenvalue weighted by atomic mass is 10.0. The molecule has 0 aliphatic heterocycles. The fraction of sp³-hybridized carbons (Fsp3) is 1.00. The van der Waals surface area contributed by atoms with Crippen LogP contribution in [0.5, 0.6) is 0 Å². The molecule has 0 aromatic rings. The Morgan fingerprint density at radius 3 is 1.92 bits per heavy atom. The second-order valence-electron chi connectivity index (χ2n) is 3.23. The molecule has 0 aliphatic carbocycles. The van der Waals surface area contributed by atoms with Gasteiger partial charge in [0.25, 0.3) is 0 Å². The molecule has 0 saturated carbocycles. The summed E-state index contributed by atoms with van der Waals surface area (Å²) in [5, 5.41) is 0. The fourth-order valence-electron chi connectivity index (χ4n) is 0.757. The van der Waals surface area contributed by atoms with Crippen molar-refractivity contribution in [2.75, 3.05) is 13.7 Å². The van der Waals surface area contributed by atoms with Crippen molar-refractivity contribution in [3.63, 3.8) is 0 Å². The zero-order valence-corrected chi connectivity index (χ0v) is 9.52. The van der Waals surface area contributed by atoms with Crippen LogP contribution in [0, 0.1) is 5.92 Å². The predicted molar refractivity (Wildman–Crippen MR) is 56.5 cm³/mol. The van der Waals surface area contributed by atoms with Gasteiger partial charge in [0, 0.05) is 13.7 Å². The Morgan fingerprint density at radius 2 is 1.67 bits per heavy atom. The van der Waals surface area contributed by atoms with Gasteiger partial charge in [0.2, 0.25) is 0 Å². The lowest BCUT2D eigenvalue weighted by Crippen LogP contribution is -1.89. The summed E-state index contributed by atoms with van der Waals surface area (Å²) in [6.07, 6.45) is 5.53. The molecule has 1 atom stereocenters. The zero-order chi connectivity index (χ0) is 9.82. The molecule has 0 saturated heterocycles. The normalized spacial score (nSPS) is 11.8. The van der Waals surface area contributed by atoms with E-state index in [0.29, 0.717) is 0 Å². The number of unbranched alkanes of at least 4 members (excludes halogenated alkanes) is 1. The van der Waals surface area contributed by atoms with Crippen molar-refractivity contribution in [1.82, 2.24) is 0 Å². The second-order valence-corrected chi connectivity index (χ2v) is 3.23. The van der Waals surface area contributed by atoms with Gasteiger partial charge in [-0.15, -0.1) is 0 Å². The van der Waals surface area contributed by atoms with Crippen LogP contribution < -0.4 is 0 Å². The van der Waals surface area contributed by atoms with Gasteiger partial charge in [0.1, 0.15) is 0 Å². The Bertz CT molecular complexity index is 60.0. The van der Waals surface area contributed by atoms with E-state index >= 15 is 0 Å². The Hall–Kier alpha value is -0.0400. The molecular weight excluding hydrogens is 148 g/mol. The van der Waals surface area contributed by atoms with E-state index in [4.69, 9.17) is 0 Å². The molecule has 0 heterocycles. The SMILES string of the molecule is CCCCC(C)CC.CCOC. The lowest BCUT2D eigenvalue weighted by Gasteiger charge is -2.04. The largest absolute Gasteiger partial charge is 0.385 e. The minimum Gasteiger partial charge on any atom is -0.385 e. The summed E-state index contributed by atoms with van der Waals surface area (Å²) >= 11 is 0. The van der Waals surface area contributed by atoms with Crippen LogP contribution in [0.2, 0.25) is 0 Å². The third kappa shape index (κ3) is 16.5. The Balaban J connectivity index is 0. The first kappa shape index (κ1) is 14.5. The molecule has 0 fully saturated rings. The van der Waals surface area contributed by atoms with E-state index in [0.717, 1.165) is 12.5 Å². The molecule has 0 N–H and O–H groups in total. The summed E-state index contributed by atoms with van der Waals surface area (Å²) in [6, 6.07) is 0. The minimum absolute atomic E-state index is 0.819. The average molecular weight is 174 g/mol. The second kappa shape index (κ2) is 13.5. The number of hydrogen-bond donors (Lipinski definition) is 0. The van der Waals surface area contributed by atoms with E-state index in [1.807, 2.05) is 6.92 Å². The van der Waals surface area contributed by atoms with Crippen LogP contribution >= 0.6 is 0 Å². The van der Waals surface area contributed by atoms with Gasteiger partial charge in [-0.05, 0) is 12.8 Å². The van der Waals surface area contributed by atoms with Crippen molar-refractivity contribution in [3.8, 4) is 0 Å². The van der Waals surface area contributed by atoms with Crippen LogP contribution in [0.15, 0.2) is 0 Å². The van der Waals surface area contributed by atoms with Crippen molar-refractivity contribution < 1.29 is 4.74 Å². The maximum Gasteiger partial charge on any atom is 0.0433 e. The van der Waals surface area contributed by atoms with Crippen LogP contribution in [0.3, 0.4) is 0 Å². The summed E-state index contributed by atoms with van der Waals surface area (Å²) in [5.74, 6) is 0.954. The summed E-state index contributed by atoms with van der Waals surface area (Å²) in [6.45, 7) is 9.62. The van der Waals surface area contributed by atoms with Crippen molar-refractivity contribution in [3.05, 3.63) is 0 Å². The quantitative estimate of drug-likeness (QED) is 0.614. The molecule has 0 spiro atoms. The van der Waals surface area contributed by atoms with E-state index in [2.05, 4.69) is 25.5 Å². The van der Waals surface area contributed by atoms with E-state index in [9.17, 15) is 0 Å². The molecule has 1 heteroatoms. The number of hydrogen-bond acceptors (Lipinski definition) is 1. The highest BCUT2D eigenvalue weighted by molar-refractivity contribution is 4.47. The first-order valence-corrected chi connectivity index (χ1v) is 5.21. The maximum absolute atomic E-state index is 4.54. The van der Waals surface area contributed by atoms with Gasteiger partial charge in [-0.2, -0.15) is 0 Å². The molecule has 0 radical (unpaired) electrons. The Kier molecular flexibility index (Phi) is 16.3. The molecule has 0 aliphatic rings. The third-order valence-electron chi connectivity index (χ3n) is 2.04. The van der Waals surface area contributed by atoms with Crippen LogP contribution in [0.1, 0.15) is 53.4 Å². The average Bonchev–Trinajstić information content (AvgIpc) is 2.14. The highest BCUT2D eigenvalue weighted by atomic mass is 16.5. The van der Waals surface area contributed by atoms with Gasteiger partial charge in [0.05, 0.1) is 0 Å². The van der Waals surface area contributed by atoms with E-state index in [1.54, 1.807) is 7.11 Å². The van der Waals surface area contributed by atoms with Gasteiger partial charge in [0.15, 0.2) is 0 Å². The lowest BCUT2D eigenvalue weighted by molar-refractivity contribution is 0.215. The maximum atomic E-state index is 4.54. The summed E-state index contributed by atoms with van der Waals surface area (Å²) in [7, 11) is 1.68. The van der Waals surface area contributed by atoms with Crippen LogP contribution in [-0.4, -0.2) is 13.7 Å². The van der Waals surface area contributed by atoms with E-state index in [-0.39, 0.29) is 0 Å². The molecule has 1 unspecified atom stereocenters. The van der Waals surface area contributed by atoms with Crippen LogP contribution in [0.25, 0.3) is 0 Å². The monoisotopic (exact) mass is 174 g/mol. The van der Waals surface area contributed by atoms with Crippen LogP contribution in [-0.2, 0) is 4.74 Å². The highest BCUT2D eigenvalue weighted by Gasteiger charge is 1.94. The first-order valence-electron chi connectivity index (χ1n) is 5.21. The standard InChI is InChI=1S/C8H18.C3H8O/c1-4-6-7-8(3)5-2;1-3-4-2/h8H,4-7H2,1-3H3;3H2,1-2H3. The van der Waals surface area contributed by atoms with E-state index < -0.39 is 0 Å². The fourth-order valence-corrected chi connectivity index (χ4v) is 0.757. The molecule has 0 aromatic heterocycles. The molecule has 0 rings (SSSR count). The van der Waals surface area contributed by atoms with Gasteiger partial charge in [-0.25, -0.2) is 0 Å². The van der Waals surface area contributed by atoms with Crippen LogP contribution in [0.4, 0.5) is 0 Å². The molecular formula is C11H26O.